The Bertz CT molecular complexity index is 731. The van der Waals surface area contributed by atoms with E-state index < -0.39 is 0 Å². The molecule has 8 nitrogen and oxygen atoms in total. The van der Waals surface area contributed by atoms with Crippen molar-refractivity contribution < 1.29 is 9.84 Å². The Hall–Kier alpha value is -2.06. The van der Waals surface area contributed by atoms with Crippen LogP contribution in [0.2, 0.25) is 5.02 Å². The van der Waals surface area contributed by atoms with E-state index in [9.17, 15) is 5.11 Å². The predicted molar refractivity (Wildman–Crippen MR) is 107 cm³/mol. The molecule has 3 rings (SSSR count). The van der Waals surface area contributed by atoms with Crippen molar-refractivity contribution in [3.8, 4) is 0 Å². The molecule has 5 N–H and O–H groups in total. The van der Waals surface area contributed by atoms with Gasteiger partial charge in [0.15, 0.2) is 5.82 Å². The number of aliphatic hydroxyl groups excluding tert-OH is 1. The minimum Gasteiger partial charge on any atom is -0.478 e. The summed E-state index contributed by atoms with van der Waals surface area (Å²) in [6.07, 6.45) is 5.33. The number of aromatic nitrogens is 2. The van der Waals surface area contributed by atoms with E-state index in [0.29, 0.717) is 29.1 Å². The van der Waals surface area contributed by atoms with E-state index >= 15 is 0 Å². The number of anilines is 2. The van der Waals surface area contributed by atoms with Crippen molar-refractivity contribution in [2.24, 2.45) is 10.7 Å². The van der Waals surface area contributed by atoms with Gasteiger partial charge in [0, 0.05) is 12.5 Å². The summed E-state index contributed by atoms with van der Waals surface area (Å²) in [5.74, 6) is 1.20. The topological polar surface area (TPSA) is 118 Å². The first-order valence-corrected chi connectivity index (χ1v) is 9.71. The predicted octanol–water partition coefficient (Wildman–Crippen LogP) is 2.65. The monoisotopic (exact) mass is 394 g/mol. The number of fused-ring (bicyclic) bond motifs is 2. The van der Waals surface area contributed by atoms with Crippen LogP contribution in [0.5, 0.6) is 0 Å². The fraction of sp³-hybridized carbons (Fsp3) is 0.611. The molecule has 2 heterocycles. The quantitative estimate of drug-likeness (QED) is 0.569. The van der Waals surface area contributed by atoms with Gasteiger partial charge in [-0.25, -0.2) is 4.98 Å². The van der Waals surface area contributed by atoms with Crippen molar-refractivity contribution >= 4 is 29.1 Å². The van der Waals surface area contributed by atoms with Gasteiger partial charge in [0.25, 0.3) is 0 Å². The van der Waals surface area contributed by atoms with E-state index in [2.05, 4.69) is 20.6 Å². The first kappa shape index (κ1) is 19.7. The molecular weight excluding hydrogens is 368 g/mol. The largest absolute Gasteiger partial charge is 0.478 e. The van der Waals surface area contributed by atoms with Gasteiger partial charge < -0.3 is 26.2 Å². The maximum atomic E-state index is 9.68. The lowest BCUT2D eigenvalue weighted by molar-refractivity contribution is 0.123. The Kier molecular flexibility index (Phi) is 6.38. The van der Waals surface area contributed by atoms with Crippen LogP contribution >= 0.6 is 11.6 Å². The third kappa shape index (κ3) is 5.23. The van der Waals surface area contributed by atoms with Crippen LogP contribution in [0.15, 0.2) is 22.8 Å². The second-order valence-corrected chi connectivity index (χ2v) is 7.52. The second-order valence-electron chi connectivity index (χ2n) is 7.11. The van der Waals surface area contributed by atoms with E-state index in [1.165, 1.54) is 0 Å². The molecular formula is C18H27ClN6O2. The maximum absolute atomic E-state index is 9.68. The van der Waals surface area contributed by atoms with Gasteiger partial charge in [0.05, 0.1) is 30.7 Å². The standard InChI is InChI=1S/C18H27ClN6O2/c1-10-7-8-27-16(20)15(11(2)23-12-3-5-13(26)6-4-12)24-18-21-9-14(19)17(22-10)25-18/h9-10,12-13,26H,3-8,20H2,1-2H3,(H2,21,22,24,25). The molecule has 1 atom stereocenters. The van der Waals surface area contributed by atoms with E-state index in [-0.39, 0.29) is 24.1 Å². The van der Waals surface area contributed by atoms with Crippen molar-refractivity contribution in [2.45, 2.75) is 64.1 Å². The number of allylic oxidation sites excluding steroid dienone is 1. The number of hydrogen-bond acceptors (Lipinski definition) is 8. The first-order valence-electron chi connectivity index (χ1n) is 9.34. The molecule has 1 unspecified atom stereocenters. The zero-order valence-corrected chi connectivity index (χ0v) is 16.5. The van der Waals surface area contributed by atoms with Crippen LogP contribution in [0.4, 0.5) is 11.8 Å². The lowest BCUT2D eigenvalue weighted by atomic mass is 9.93. The minimum atomic E-state index is -0.213. The highest BCUT2D eigenvalue weighted by Crippen LogP contribution is 2.24. The Morgan fingerprint density at radius 1 is 1.33 bits per heavy atom. The summed E-state index contributed by atoms with van der Waals surface area (Å²) < 4.78 is 5.74. The first-order chi connectivity index (χ1) is 12.9. The zero-order valence-electron chi connectivity index (χ0n) is 15.7. The fourth-order valence-corrected chi connectivity index (χ4v) is 3.37. The number of ether oxygens (including phenoxy) is 1. The number of nitrogens with two attached hydrogens (primary N) is 1. The maximum Gasteiger partial charge on any atom is 0.229 e. The third-order valence-electron chi connectivity index (χ3n) is 4.82. The average Bonchev–Trinajstić information content (AvgIpc) is 2.65. The molecule has 0 spiro atoms. The average molecular weight is 395 g/mol. The molecule has 0 aromatic carbocycles. The number of aliphatic hydroxyl groups is 1. The van der Waals surface area contributed by atoms with Crippen LogP contribution in [-0.4, -0.2) is 45.6 Å². The van der Waals surface area contributed by atoms with Crippen molar-refractivity contribution in [1.29, 1.82) is 0 Å². The number of nitrogens with one attached hydrogen (secondary N) is 2. The van der Waals surface area contributed by atoms with Crippen LogP contribution in [0.1, 0.15) is 46.0 Å². The normalized spacial score (nSPS) is 27.1. The van der Waals surface area contributed by atoms with Gasteiger partial charge in [-0.05, 0) is 39.5 Å². The Labute approximate surface area is 164 Å². The molecule has 1 aromatic heterocycles. The highest BCUT2D eigenvalue weighted by atomic mass is 35.5. The summed E-state index contributed by atoms with van der Waals surface area (Å²) in [7, 11) is 0. The van der Waals surface area contributed by atoms with Crippen molar-refractivity contribution in [2.75, 3.05) is 17.2 Å². The van der Waals surface area contributed by atoms with Crippen molar-refractivity contribution in [1.82, 2.24) is 9.97 Å². The molecule has 1 saturated carbocycles. The number of halogens is 1. The Balaban J connectivity index is 1.88. The molecule has 1 aliphatic carbocycles. The molecule has 1 aliphatic heterocycles. The summed E-state index contributed by atoms with van der Waals surface area (Å²) in [6, 6.07) is 0.278. The second kappa shape index (κ2) is 8.75. The third-order valence-corrected chi connectivity index (χ3v) is 5.10. The molecule has 27 heavy (non-hydrogen) atoms. The molecule has 0 saturated heterocycles. The minimum absolute atomic E-state index is 0.114. The van der Waals surface area contributed by atoms with Crippen LogP contribution < -0.4 is 16.4 Å². The van der Waals surface area contributed by atoms with Gasteiger partial charge in [0.2, 0.25) is 11.8 Å². The summed E-state index contributed by atoms with van der Waals surface area (Å²) in [4.78, 5) is 13.5. The van der Waals surface area contributed by atoms with Gasteiger partial charge in [-0.3, -0.25) is 4.99 Å². The number of hydrogen-bond donors (Lipinski definition) is 4. The van der Waals surface area contributed by atoms with E-state index in [1.54, 1.807) is 6.20 Å². The molecule has 0 amide bonds. The molecule has 1 fully saturated rings. The molecule has 148 valence electrons. The highest BCUT2D eigenvalue weighted by molar-refractivity contribution is 6.32. The van der Waals surface area contributed by atoms with Gasteiger partial charge in [0.1, 0.15) is 10.7 Å². The number of nitrogens with zero attached hydrogens (tertiary/aromatic N) is 3. The van der Waals surface area contributed by atoms with Gasteiger partial charge >= 0.3 is 0 Å². The smallest absolute Gasteiger partial charge is 0.229 e. The molecule has 9 heteroatoms. The fourth-order valence-electron chi connectivity index (χ4n) is 3.22. The van der Waals surface area contributed by atoms with Crippen molar-refractivity contribution in [3.63, 3.8) is 0 Å². The highest BCUT2D eigenvalue weighted by Gasteiger charge is 2.21. The summed E-state index contributed by atoms with van der Waals surface area (Å²) in [5, 5.41) is 16.5. The van der Waals surface area contributed by atoms with Crippen LogP contribution in [0.3, 0.4) is 0 Å². The van der Waals surface area contributed by atoms with E-state index in [1.807, 2.05) is 13.8 Å². The molecule has 2 aliphatic rings. The van der Waals surface area contributed by atoms with Crippen LogP contribution in [0, 0.1) is 0 Å². The lowest BCUT2D eigenvalue weighted by Gasteiger charge is -2.23. The number of rotatable bonds is 2. The SMILES string of the molecule is CC(=NC1CCC(O)CC1)C1=C(N)OCCC(C)Nc2nc(ncc2Cl)N1. The van der Waals surface area contributed by atoms with E-state index in [4.69, 9.17) is 27.1 Å². The molecule has 2 bridgehead atoms. The summed E-state index contributed by atoms with van der Waals surface area (Å²) in [5.41, 5.74) is 7.49. The van der Waals surface area contributed by atoms with Gasteiger partial charge in [-0.1, -0.05) is 11.6 Å². The van der Waals surface area contributed by atoms with Crippen LogP contribution in [0.25, 0.3) is 0 Å². The molecule has 0 radical (unpaired) electrons. The van der Waals surface area contributed by atoms with E-state index in [0.717, 1.165) is 37.8 Å². The van der Waals surface area contributed by atoms with Gasteiger partial charge in [-0.15, -0.1) is 0 Å². The van der Waals surface area contributed by atoms with Gasteiger partial charge in [-0.2, -0.15) is 4.98 Å². The Morgan fingerprint density at radius 3 is 2.81 bits per heavy atom. The summed E-state index contributed by atoms with van der Waals surface area (Å²) >= 11 is 6.20. The van der Waals surface area contributed by atoms with Crippen molar-refractivity contribution in [3.05, 3.63) is 22.8 Å². The van der Waals surface area contributed by atoms with Crippen LogP contribution in [-0.2, 0) is 4.74 Å². The number of aliphatic imine (C=N–C) groups is 1. The zero-order chi connectivity index (χ0) is 19.4. The molecule has 1 aromatic rings. The Morgan fingerprint density at radius 2 is 2.07 bits per heavy atom. The lowest BCUT2D eigenvalue weighted by Crippen LogP contribution is -2.24. The summed E-state index contributed by atoms with van der Waals surface area (Å²) in [6.45, 7) is 4.37.